The van der Waals surface area contributed by atoms with Gasteiger partial charge in [-0.15, -0.1) is 11.3 Å². The summed E-state index contributed by atoms with van der Waals surface area (Å²) in [5.41, 5.74) is 1.35. The summed E-state index contributed by atoms with van der Waals surface area (Å²) >= 11 is 5.26. The maximum absolute atomic E-state index is 5.55. The van der Waals surface area contributed by atoms with Crippen LogP contribution in [0.1, 0.15) is 28.1 Å². The number of nitrogens with one attached hydrogen (secondary N) is 1. The van der Waals surface area contributed by atoms with Crippen LogP contribution >= 0.6 is 27.3 Å². The number of hydrogen-bond acceptors (Lipinski definition) is 4. The third-order valence-electron chi connectivity index (χ3n) is 2.49. The number of thiophene rings is 1. The van der Waals surface area contributed by atoms with E-state index in [1.165, 1.54) is 14.2 Å². The number of aryl methyl sites for hydroxylation is 1. The van der Waals surface area contributed by atoms with E-state index in [-0.39, 0.29) is 6.04 Å². The van der Waals surface area contributed by atoms with Crippen LogP contribution in [-0.2, 0) is 6.54 Å². The van der Waals surface area contributed by atoms with Gasteiger partial charge in [-0.25, -0.2) is 4.98 Å². The van der Waals surface area contributed by atoms with Crippen molar-refractivity contribution in [1.82, 2.24) is 10.3 Å². The monoisotopic (exact) mass is 284 g/mol. The van der Waals surface area contributed by atoms with Crippen LogP contribution in [0.2, 0.25) is 0 Å². The molecule has 0 bridgehead atoms. The number of fused-ring (bicyclic) bond motifs is 1. The molecule has 0 amide bonds. The zero-order chi connectivity index (χ0) is 10.4. The normalized spacial score (nSPS) is 19.5. The molecule has 1 unspecified atom stereocenters. The molecular weight excluding hydrogens is 276 g/mol. The summed E-state index contributed by atoms with van der Waals surface area (Å²) in [6.45, 7) is 2.77. The second-order valence-corrected chi connectivity index (χ2v) is 6.00. The number of oxazole rings is 1. The molecule has 0 radical (unpaired) electrons. The Bertz CT molecular complexity index is 505. The van der Waals surface area contributed by atoms with Gasteiger partial charge < -0.3 is 4.42 Å². The Kier molecular flexibility index (Phi) is 2.19. The Labute approximate surface area is 99.6 Å². The van der Waals surface area contributed by atoms with Gasteiger partial charge in [0, 0.05) is 18.3 Å². The molecule has 0 saturated heterocycles. The van der Waals surface area contributed by atoms with E-state index in [2.05, 4.69) is 32.3 Å². The van der Waals surface area contributed by atoms with Gasteiger partial charge in [-0.05, 0) is 27.6 Å². The number of hydrogen-bond donors (Lipinski definition) is 1. The smallest absolute Gasteiger partial charge is 0.191 e. The molecule has 3 nitrogen and oxygen atoms in total. The highest BCUT2D eigenvalue weighted by atomic mass is 79.9. The molecule has 78 valence electrons. The number of rotatable bonds is 1. The van der Waals surface area contributed by atoms with Gasteiger partial charge in [0.05, 0.1) is 9.98 Å². The van der Waals surface area contributed by atoms with Gasteiger partial charge in [-0.2, -0.15) is 0 Å². The molecule has 2 aromatic rings. The first kappa shape index (κ1) is 9.57. The van der Waals surface area contributed by atoms with Gasteiger partial charge in [0.2, 0.25) is 0 Å². The van der Waals surface area contributed by atoms with E-state index in [4.69, 9.17) is 4.42 Å². The van der Waals surface area contributed by atoms with Crippen LogP contribution in [0.4, 0.5) is 0 Å². The Hall–Kier alpha value is -0.650. The second-order valence-electron chi connectivity index (χ2n) is 3.54. The molecule has 0 spiro atoms. The summed E-state index contributed by atoms with van der Waals surface area (Å²) in [5.74, 6) is 1.62. The molecule has 15 heavy (non-hydrogen) atoms. The largest absolute Gasteiger partial charge is 0.444 e. The van der Waals surface area contributed by atoms with Crippen LogP contribution in [0.5, 0.6) is 0 Å². The van der Waals surface area contributed by atoms with E-state index < -0.39 is 0 Å². The van der Waals surface area contributed by atoms with Crippen LogP contribution in [0, 0.1) is 6.92 Å². The van der Waals surface area contributed by atoms with Crippen molar-refractivity contribution < 1.29 is 4.42 Å². The highest BCUT2D eigenvalue weighted by molar-refractivity contribution is 9.11. The first-order chi connectivity index (χ1) is 7.24. The van der Waals surface area contributed by atoms with E-state index in [1.54, 1.807) is 17.5 Å². The van der Waals surface area contributed by atoms with Crippen molar-refractivity contribution in [2.24, 2.45) is 0 Å². The highest BCUT2D eigenvalue weighted by Gasteiger charge is 2.28. The summed E-state index contributed by atoms with van der Waals surface area (Å²) in [7, 11) is 0. The number of halogens is 1. The minimum Gasteiger partial charge on any atom is -0.444 e. The van der Waals surface area contributed by atoms with Crippen molar-refractivity contribution in [3.05, 3.63) is 38.1 Å². The minimum absolute atomic E-state index is 0.178. The van der Waals surface area contributed by atoms with Crippen molar-refractivity contribution in [3.8, 4) is 0 Å². The van der Waals surface area contributed by atoms with E-state index >= 15 is 0 Å². The van der Waals surface area contributed by atoms with Crippen molar-refractivity contribution in [1.29, 1.82) is 0 Å². The number of aromatic nitrogens is 1. The van der Waals surface area contributed by atoms with Crippen LogP contribution in [0.15, 0.2) is 20.5 Å². The first-order valence-electron chi connectivity index (χ1n) is 4.68. The van der Waals surface area contributed by atoms with E-state index in [1.807, 2.05) is 6.92 Å². The summed E-state index contributed by atoms with van der Waals surface area (Å²) in [5, 5.41) is 3.41. The standard InChI is InChI=1S/C10H9BrN2OS/c1-5-12-4-7(14-5)9-10-6(3-13-9)2-8(11)15-10/h2,4,9,13H,3H2,1H3. The van der Waals surface area contributed by atoms with Crippen LogP contribution in [-0.4, -0.2) is 4.98 Å². The average molecular weight is 285 g/mol. The molecule has 0 saturated carbocycles. The summed E-state index contributed by atoms with van der Waals surface area (Å²) < 4.78 is 6.73. The summed E-state index contributed by atoms with van der Waals surface area (Å²) in [6, 6.07) is 2.34. The lowest BCUT2D eigenvalue weighted by molar-refractivity contribution is 0.440. The predicted octanol–water partition coefficient (Wildman–Crippen LogP) is 3.00. The quantitative estimate of drug-likeness (QED) is 0.875. The van der Waals surface area contributed by atoms with Crippen molar-refractivity contribution >= 4 is 27.3 Å². The molecule has 3 rings (SSSR count). The first-order valence-corrected chi connectivity index (χ1v) is 6.29. The maximum atomic E-state index is 5.55. The molecule has 1 atom stereocenters. The lowest BCUT2D eigenvalue weighted by atomic mass is 10.2. The molecule has 1 aliphatic heterocycles. The van der Waals surface area contributed by atoms with Gasteiger partial charge in [0.1, 0.15) is 11.8 Å². The number of nitrogens with zero attached hydrogens (tertiary/aromatic N) is 1. The fourth-order valence-electron chi connectivity index (χ4n) is 1.84. The van der Waals surface area contributed by atoms with Crippen LogP contribution in [0.3, 0.4) is 0 Å². The Morgan fingerprint density at radius 1 is 1.67 bits per heavy atom. The van der Waals surface area contributed by atoms with Gasteiger partial charge in [0.25, 0.3) is 0 Å². The van der Waals surface area contributed by atoms with Crippen LogP contribution in [0.25, 0.3) is 0 Å². The van der Waals surface area contributed by atoms with E-state index in [0.717, 1.165) is 18.2 Å². The maximum Gasteiger partial charge on any atom is 0.191 e. The Balaban J connectivity index is 2.02. The molecule has 5 heteroatoms. The molecular formula is C10H9BrN2OS. The molecule has 1 aliphatic rings. The SMILES string of the molecule is Cc1ncc(C2NCc3cc(Br)sc32)o1. The van der Waals surface area contributed by atoms with Crippen molar-refractivity contribution in [3.63, 3.8) is 0 Å². The lowest BCUT2D eigenvalue weighted by Crippen LogP contribution is -2.12. The van der Waals surface area contributed by atoms with E-state index in [9.17, 15) is 0 Å². The zero-order valence-electron chi connectivity index (χ0n) is 8.08. The predicted molar refractivity (Wildman–Crippen MR) is 61.9 cm³/mol. The van der Waals surface area contributed by atoms with Gasteiger partial charge in [0.15, 0.2) is 5.89 Å². The average Bonchev–Trinajstić information content (AvgIpc) is 2.80. The third kappa shape index (κ3) is 1.55. The fourth-order valence-corrected chi connectivity index (χ4v) is 3.63. The van der Waals surface area contributed by atoms with Gasteiger partial charge in [-0.1, -0.05) is 0 Å². The molecule has 2 aromatic heterocycles. The van der Waals surface area contributed by atoms with Gasteiger partial charge >= 0.3 is 0 Å². The fraction of sp³-hybridized carbons (Fsp3) is 0.300. The Morgan fingerprint density at radius 2 is 2.53 bits per heavy atom. The Morgan fingerprint density at radius 3 is 3.27 bits per heavy atom. The molecule has 0 aromatic carbocycles. The summed E-state index contributed by atoms with van der Waals surface area (Å²) in [4.78, 5) is 5.46. The van der Waals surface area contributed by atoms with Crippen LogP contribution < -0.4 is 5.32 Å². The van der Waals surface area contributed by atoms with Crippen molar-refractivity contribution in [2.45, 2.75) is 19.5 Å². The van der Waals surface area contributed by atoms with Gasteiger partial charge in [-0.3, -0.25) is 5.32 Å². The minimum atomic E-state index is 0.178. The lowest BCUT2D eigenvalue weighted by Gasteiger charge is -2.05. The third-order valence-corrected chi connectivity index (χ3v) is 4.24. The highest BCUT2D eigenvalue weighted by Crippen LogP contribution is 2.39. The second kappa shape index (κ2) is 3.43. The summed E-state index contributed by atoms with van der Waals surface area (Å²) in [6.07, 6.45) is 1.80. The topological polar surface area (TPSA) is 38.1 Å². The zero-order valence-corrected chi connectivity index (χ0v) is 10.5. The molecule has 3 heterocycles. The molecule has 1 N–H and O–H groups in total. The van der Waals surface area contributed by atoms with Crippen molar-refractivity contribution in [2.75, 3.05) is 0 Å². The van der Waals surface area contributed by atoms with E-state index in [0.29, 0.717) is 0 Å². The molecule has 0 fully saturated rings. The molecule has 0 aliphatic carbocycles.